The van der Waals surface area contributed by atoms with Crippen LogP contribution in [0, 0.1) is 29.6 Å². The lowest BCUT2D eigenvalue weighted by atomic mass is 9.83. The van der Waals surface area contributed by atoms with Crippen LogP contribution in [-0.4, -0.2) is 248 Å². The molecule has 97 heavy (non-hydrogen) atoms. The number of hydrogen-bond donors (Lipinski definition) is 4. The van der Waals surface area contributed by atoms with Crippen LogP contribution in [0.3, 0.4) is 0 Å². The summed E-state index contributed by atoms with van der Waals surface area (Å²) in [5, 5.41) is 11.7. The van der Waals surface area contributed by atoms with E-state index in [1.165, 1.54) is 90.4 Å². The Morgan fingerprint density at radius 1 is 0.619 bits per heavy atom. The standard InChI is InChI=1S/C71H118ClIN12O12/c1-18-45(8)60-69(96)79(13)46(9)63(90)85-34-31-54(85)67(94)82(16)56(39-47-26-28-49(72)29-27-47)66(93)78(12)41-58(86)74-52(38-48-23-22-24-50(73)37-48)61(88)75-51(30-25-42(2)3)65(92)83(17)71(10,11)70(97)76-53(35-43(4)5)64(91)81(15)57(68(95)84-32-20-19-21-33-84)40-59(87)80(14)55(36-44(6)7)62(89)77-60/h25,43-57,60H,18-24,26-41H2,1-17H3,(H,74,86)(H,75,88)(H,76,97)(H,77,89)/t45-,46-,47?,48?,49?,50?,51-,52-,53-,54-,55-,56-,57-,60-/m0/s1. The summed E-state index contributed by atoms with van der Waals surface area (Å²) >= 11 is 8.96. The van der Waals surface area contributed by atoms with Gasteiger partial charge < -0.3 is 60.5 Å². The van der Waals surface area contributed by atoms with Crippen LogP contribution in [0.4, 0.5) is 0 Å². The molecule has 548 valence electrons. The van der Waals surface area contributed by atoms with E-state index < -0.39 is 150 Å². The van der Waals surface area contributed by atoms with Gasteiger partial charge in [0.15, 0.2) is 0 Å². The fraction of sp³-hybridized carbons (Fsp3) is 0.803. The fourth-order valence-corrected chi connectivity index (χ4v) is 15.4. The first-order chi connectivity index (χ1) is 45.4. The Bertz CT molecular complexity index is 2820. The maximum Gasteiger partial charge on any atom is 0.246 e. The highest BCUT2D eigenvalue weighted by atomic mass is 127. The van der Waals surface area contributed by atoms with Crippen molar-refractivity contribution in [1.29, 1.82) is 0 Å². The molecule has 12 atom stereocenters. The number of carbonyl (C=O) groups excluding carboxylic acids is 12. The van der Waals surface area contributed by atoms with Crippen LogP contribution in [0.1, 0.15) is 198 Å². The molecule has 2 unspecified atom stereocenters. The average molecular weight is 1490 g/mol. The van der Waals surface area contributed by atoms with Crippen molar-refractivity contribution in [3.05, 3.63) is 11.6 Å². The molecule has 3 heterocycles. The lowest BCUT2D eigenvalue weighted by molar-refractivity contribution is -0.160. The zero-order valence-electron chi connectivity index (χ0n) is 61.3. The van der Waals surface area contributed by atoms with Crippen molar-refractivity contribution in [1.82, 2.24) is 60.5 Å². The molecule has 0 bridgehead atoms. The fourth-order valence-electron chi connectivity index (χ4n) is 14.0. The Hall–Kier alpha value is -5.60. The van der Waals surface area contributed by atoms with E-state index in [4.69, 9.17) is 11.6 Å². The van der Waals surface area contributed by atoms with Gasteiger partial charge in [-0.15, -0.1) is 11.6 Å². The van der Waals surface area contributed by atoms with E-state index in [-0.39, 0.29) is 74.1 Å². The predicted molar refractivity (Wildman–Crippen MR) is 382 cm³/mol. The maximum atomic E-state index is 15.2. The number of alkyl halides is 2. The van der Waals surface area contributed by atoms with Gasteiger partial charge in [0.1, 0.15) is 59.9 Å². The Balaban J connectivity index is 1.63. The Kier molecular flexibility index (Phi) is 31.5. The van der Waals surface area contributed by atoms with Crippen molar-refractivity contribution < 1.29 is 57.5 Å². The number of carbonyl (C=O) groups is 12. The SMILES string of the molecule is CC[C@H](C)[C@@H]1NC(=O)[C@H](CC(C)C)N(C)C(=O)C[C@@H](C(=O)N2CCCCC2)N(C)C(=O)[C@H](CC(C)C)NC(=O)C(C)(C)N(C)C(=O)[C@H](CC=C(C)C)NC(=O)[C@H](CC2CCCC(I)C2)NC(=O)CN(C)C(=O)[C@H](CC2CCC(Cl)CC2)N(C)C(=O)[C@@H]2CCN2C(=O)[C@H](C)N(C)C1=O. The van der Waals surface area contributed by atoms with E-state index >= 15 is 14.4 Å². The van der Waals surface area contributed by atoms with Crippen molar-refractivity contribution in [2.75, 3.05) is 68.5 Å². The third kappa shape index (κ3) is 22.2. The van der Waals surface area contributed by atoms with E-state index in [1.54, 1.807) is 24.8 Å². The molecule has 0 aromatic heterocycles. The minimum absolute atomic E-state index is 0.00165. The number of nitrogens with one attached hydrogen (secondary N) is 4. The minimum atomic E-state index is -1.69. The average Bonchev–Trinajstić information content (AvgIpc) is 0.787. The van der Waals surface area contributed by atoms with Gasteiger partial charge >= 0.3 is 0 Å². The third-order valence-corrected chi connectivity index (χ3v) is 22.8. The molecule has 26 heteroatoms. The number of nitrogens with zero attached hydrogens (tertiary/aromatic N) is 8. The van der Waals surface area contributed by atoms with Crippen LogP contribution in [0.25, 0.3) is 0 Å². The summed E-state index contributed by atoms with van der Waals surface area (Å²) in [7, 11) is 8.76. The molecular formula is C71H118ClIN12O12. The summed E-state index contributed by atoms with van der Waals surface area (Å²) in [6.45, 7) is 19.9. The zero-order chi connectivity index (χ0) is 72.7. The number of likely N-dealkylation sites (N-methyl/N-ethyl adjacent to an activating group) is 6. The first-order valence-electron chi connectivity index (χ1n) is 35.7. The predicted octanol–water partition coefficient (Wildman–Crippen LogP) is 6.03. The molecule has 24 nitrogen and oxygen atoms in total. The van der Waals surface area contributed by atoms with E-state index in [0.717, 1.165) is 37.7 Å². The first kappa shape index (κ1) is 82.1. The van der Waals surface area contributed by atoms with Crippen LogP contribution in [0.15, 0.2) is 11.6 Å². The molecule has 0 aromatic rings. The van der Waals surface area contributed by atoms with Crippen LogP contribution >= 0.6 is 34.2 Å². The second-order valence-corrected chi connectivity index (χ2v) is 32.6. The molecule has 0 spiro atoms. The van der Waals surface area contributed by atoms with Crippen LogP contribution < -0.4 is 21.3 Å². The zero-order valence-corrected chi connectivity index (χ0v) is 64.2. The molecule has 2 aliphatic carbocycles. The first-order valence-corrected chi connectivity index (χ1v) is 37.4. The smallest absolute Gasteiger partial charge is 0.246 e. The van der Waals surface area contributed by atoms with Crippen molar-refractivity contribution >= 4 is 105 Å². The largest absolute Gasteiger partial charge is 0.343 e. The molecule has 5 rings (SSSR count). The lowest BCUT2D eigenvalue weighted by Crippen LogP contribution is -2.65. The van der Waals surface area contributed by atoms with E-state index in [1.807, 2.05) is 48.5 Å². The molecule has 5 fully saturated rings. The quantitative estimate of drug-likeness (QED) is 0.0935. The summed E-state index contributed by atoms with van der Waals surface area (Å²) in [4.78, 5) is 190. The molecular weight excluding hydrogens is 1380 g/mol. The lowest BCUT2D eigenvalue weighted by Gasteiger charge is -2.45. The third-order valence-electron chi connectivity index (χ3n) is 21.2. The van der Waals surface area contributed by atoms with Gasteiger partial charge in [0, 0.05) is 71.2 Å². The molecule has 3 aliphatic heterocycles. The van der Waals surface area contributed by atoms with Gasteiger partial charge in [0.25, 0.3) is 0 Å². The van der Waals surface area contributed by atoms with Gasteiger partial charge in [-0.2, -0.15) is 0 Å². The van der Waals surface area contributed by atoms with Crippen molar-refractivity contribution in [3.8, 4) is 0 Å². The minimum Gasteiger partial charge on any atom is -0.343 e. The summed E-state index contributed by atoms with van der Waals surface area (Å²) in [6, 6.07) is -10.6. The van der Waals surface area contributed by atoms with Crippen molar-refractivity contribution in [2.24, 2.45) is 29.6 Å². The number of hydrogen-bond acceptors (Lipinski definition) is 12. The molecule has 5 aliphatic rings. The normalized spacial score (nSPS) is 30.5. The van der Waals surface area contributed by atoms with Crippen LogP contribution in [0.5, 0.6) is 0 Å². The molecule has 12 amide bonds. The van der Waals surface area contributed by atoms with Crippen LogP contribution in [0.2, 0.25) is 0 Å². The van der Waals surface area contributed by atoms with Gasteiger partial charge in [0.05, 0.1) is 13.0 Å². The van der Waals surface area contributed by atoms with Gasteiger partial charge in [-0.3, -0.25) is 57.5 Å². The Morgan fingerprint density at radius 2 is 1.25 bits per heavy atom. The summed E-state index contributed by atoms with van der Waals surface area (Å²) in [5.41, 5.74) is -0.844. The van der Waals surface area contributed by atoms with Gasteiger partial charge in [0.2, 0.25) is 70.9 Å². The Labute approximate surface area is 596 Å². The number of rotatable bonds is 13. The second kappa shape index (κ2) is 37.2. The van der Waals surface area contributed by atoms with Crippen molar-refractivity contribution in [3.63, 3.8) is 0 Å². The van der Waals surface area contributed by atoms with Gasteiger partial charge in [-0.05, 0) is 161 Å². The number of fused-ring (bicyclic) bond motifs is 1. The maximum absolute atomic E-state index is 15.2. The summed E-state index contributed by atoms with van der Waals surface area (Å²) < 4.78 is 0.332. The molecule has 0 aromatic carbocycles. The second-order valence-electron chi connectivity index (χ2n) is 30.2. The highest BCUT2D eigenvalue weighted by molar-refractivity contribution is 14.1. The Morgan fingerprint density at radius 3 is 1.81 bits per heavy atom. The number of amides is 12. The van der Waals surface area contributed by atoms with Crippen molar-refractivity contribution in [2.45, 2.75) is 267 Å². The van der Waals surface area contributed by atoms with Crippen LogP contribution in [-0.2, 0) is 57.5 Å². The molecule has 4 N–H and O–H groups in total. The topological polar surface area (TPSA) is 279 Å². The summed E-state index contributed by atoms with van der Waals surface area (Å²) in [5.74, 6) is -8.06. The highest BCUT2D eigenvalue weighted by Gasteiger charge is 2.48. The number of likely N-dealkylation sites (tertiary alicyclic amines) is 1. The molecule has 0 radical (unpaired) electrons. The van der Waals surface area contributed by atoms with Gasteiger partial charge in [-0.25, -0.2) is 0 Å². The van der Waals surface area contributed by atoms with Gasteiger partial charge in [-0.1, -0.05) is 95.0 Å². The van der Waals surface area contributed by atoms with E-state index in [9.17, 15) is 43.2 Å². The summed E-state index contributed by atoms with van der Waals surface area (Å²) in [6.07, 6.45) is 11.3. The molecule has 2 saturated carbocycles. The van der Waals surface area contributed by atoms with E-state index in [2.05, 4.69) is 43.9 Å². The number of piperidine rings is 1. The number of halogens is 2. The molecule has 3 saturated heterocycles. The highest BCUT2D eigenvalue weighted by Crippen LogP contribution is 2.35. The monoisotopic (exact) mass is 1490 g/mol. The van der Waals surface area contributed by atoms with E-state index in [0.29, 0.717) is 62.0 Å². The number of allylic oxidation sites excluding steroid dienone is 1.